The molecule has 2 aliphatic heterocycles. The molecule has 1 aromatic rings. The SMILES string of the molecule is CCNC(=NCC(=O)N1CCc2ccccc2C1)NCC(C)(C)N1CCCCC1. The molecule has 0 unspecified atom stereocenters. The minimum atomic E-state index is 0.0667. The Hall–Kier alpha value is -2.08. The zero-order valence-corrected chi connectivity index (χ0v) is 18.3. The molecule has 2 aliphatic rings. The lowest BCUT2D eigenvalue weighted by Gasteiger charge is -2.41. The van der Waals surface area contributed by atoms with Gasteiger partial charge in [0.2, 0.25) is 5.91 Å². The number of likely N-dealkylation sites (tertiary alicyclic amines) is 1. The summed E-state index contributed by atoms with van der Waals surface area (Å²) in [5.74, 6) is 0.815. The summed E-state index contributed by atoms with van der Waals surface area (Å²) in [6.45, 7) is 12.2. The van der Waals surface area contributed by atoms with Crippen molar-refractivity contribution >= 4 is 11.9 Å². The van der Waals surface area contributed by atoms with Crippen LogP contribution in [0.5, 0.6) is 0 Å². The van der Waals surface area contributed by atoms with E-state index in [1.807, 2.05) is 11.0 Å². The molecular formula is C23H37N5O. The number of carbonyl (C=O) groups is 1. The van der Waals surface area contributed by atoms with Crippen molar-refractivity contribution in [3.05, 3.63) is 35.4 Å². The van der Waals surface area contributed by atoms with Gasteiger partial charge < -0.3 is 15.5 Å². The molecule has 6 nitrogen and oxygen atoms in total. The largest absolute Gasteiger partial charge is 0.357 e. The van der Waals surface area contributed by atoms with Crippen molar-refractivity contribution in [3.63, 3.8) is 0 Å². The van der Waals surface area contributed by atoms with Crippen molar-refractivity contribution in [2.45, 2.75) is 58.5 Å². The number of carbonyl (C=O) groups excluding carboxylic acids is 1. The molecule has 1 amide bonds. The molecule has 0 aromatic heterocycles. The first kappa shape index (κ1) is 21.6. The number of aliphatic imine (C=N–C) groups is 1. The fourth-order valence-electron chi connectivity index (χ4n) is 4.21. The van der Waals surface area contributed by atoms with E-state index < -0.39 is 0 Å². The average molecular weight is 400 g/mol. The van der Waals surface area contributed by atoms with Crippen LogP contribution in [0.4, 0.5) is 0 Å². The lowest BCUT2D eigenvalue weighted by atomic mass is 9.98. The Morgan fingerprint density at radius 2 is 1.79 bits per heavy atom. The maximum absolute atomic E-state index is 12.7. The molecule has 160 valence electrons. The third kappa shape index (κ3) is 5.95. The van der Waals surface area contributed by atoms with Crippen LogP contribution in [0.2, 0.25) is 0 Å². The van der Waals surface area contributed by atoms with Gasteiger partial charge in [-0.25, -0.2) is 4.99 Å². The smallest absolute Gasteiger partial charge is 0.244 e. The van der Waals surface area contributed by atoms with E-state index in [0.717, 1.165) is 45.1 Å². The van der Waals surface area contributed by atoms with Gasteiger partial charge in [0.1, 0.15) is 6.54 Å². The van der Waals surface area contributed by atoms with Crippen molar-refractivity contribution in [2.24, 2.45) is 4.99 Å². The van der Waals surface area contributed by atoms with Crippen LogP contribution < -0.4 is 10.6 Å². The van der Waals surface area contributed by atoms with E-state index in [4.69, 9.17) is 0 Å². The molecular weight excluding hydrogens is 362 g/mol. The molecule has 2 heterocycles. The Balaban J connectivity index is 1.54. The molecule has 1 saturated heterocycles. The molecule has 29 heavy (non-hydrogen) atoms. The van der Waals surface area contributed by atoms with Crippen LogP contribution >= 0.6 is 0 Å². The van der Waals surface area contributed by atoms with Crippen molar-refractivity contribution in [3.8, 4) is 0 Å². The van der Waals surface area contributed by atoms with E-state index in [2.05, 4.69) is 59.5 Å². The monoisotopic (exact) mass is 399 g/mol. The van der Waals surface area contributed by atoms with Gasteiger partial charge in [-0.2, -0.15) is 0 Å². The highest BCUT2D eigenvalue weighted by atomic mass is 16.2. The van der Waals surface area contributed by atoms with Crippen molar-refractivity contribution in [2.75, 3.05) is 39.3 Å². The van der Waals surface area contributed by atoms with Gasteiger partial charge in [-0.1, -0.05) is 30.7 Å². The Bertz CT molecular complexity index is 709. The highest BCUT2D eigenvalue weighted by Gasteiger charge is 2.28. The van der Waals surface area contributed by atoms with Crippen LogP contribution in [0, 0.1) is 0 Å². The zero-order valence-electron chi connectivity index (χ0n) is 18.3. The van der Waals surface area contributed by atoms with Gasteiger partial charge in [-0.3, -0.25) is 9.69 Å². The lowest BCUT2D eigenvalue weighted by Crippen LogP contribution is -2.55. The van der Waals surface area contributed by atoms with Crippen LogP contribution in [0.25, 0.3) is 0 Å². The van der Waals surface area contributed by atoms with Gasteiger partial charge in [0.05, 0.1) is 0 Å². The minimum absolute atomic E-state index is 0.0667. The van der Waals surface area contributed by atoms with Crippen molar-refractivity contribution < 1.29 is 4.79 Å². The maximum atomic E-state index is 12.7. The average Bonchev–Trinajstić information content (AvgIpc) is 2.75. The molecule has 0 bridgehead atoms. The second-order valence-corrected chi connectivity index (χ2v) is 8.74. The molecule has 0 radical (unpaired) electrons. The molecule has 1 aromatic carbocycles. The van der Waals surface area contributed by atoms with E-state index >= 15 is 0 Å². The molecule has 6 heteroatoms. The minimum Gasteiger partial charge on any atom is -0.357 e. The quantitative estimate of drug-likeness (QED) is 0.570. The van der Waals surface area contributed by atoms with Gasteiger partial charge >= 0.3 is 0 Å². The van der Waals surface area contributed by atoms with Crippen LogP contribution in [0.1, 0.15) is 51.2 Å². The first-order chi connectivity index (χ1) is 14.0. The van der Waals surface area contributed by atoms with E-state index in [1.54, 1.807) is 0 Å². The fraction of sp³-hybridized carbons (Fsp3) is 0.652. The third-order valence-electron chi connectivity index (χ3n) is 6.10. The molecule has 0 saturated carbocycles. The van der Waals surface area contributed by atoms with E-state index in [0.29, 0.717) is 6.54 Å². The van der Waals surface area contributed by atoms with Crippen molar-refractivity contribution in [1.29, 1.82) is 0 Å². The number of nitrogens with zero attached hydrogens (tertiary/aromatic N) is 3. The van der Waals surface area contributed by atoms with Crippen molar-refractivity contribution in [1.82, 2.24) is 20.4 Å². The number of piperidine rings is 1. The standard InChI is InChI=1S/C23H37N5O/c1-4-24-22(26-18-23(2,3)28-13-8-5-9-14-28)25-16-21(29)27-15-12-19-10-6-7-11-20(19)17-27/h6-7,10-11H,4-5,8-9,12-18H2,1-3H3,(H2,24,25,26). The number of guanidine groups is 1. The number of rotatable bonds is 6. The Labute approximate surface area is 175 Å². The summed E-state index contributed by atoms with van der Waals surface area (Å²) in [5, 5.41) is 6.74. The van der Waals surface area contributed by atoms with Crippen LogP contribution in [-0.2, 0) is 17.8 Å². The summed E-state index contributed by atoms with van der Waals surface area (Å²) in [7, 11) is 0. The fourth-order valence-corrected chi connectivity index (χ4v) is 4.21. The van der Waals surface area contributed by atoms with E-state index in [9.17, 15) is 4.79 Å². The summed E-state index contributed by atoms with van der Waals surface area (Å²) >= 11 is 0. The summed E-state index contributed by atoms with van der Waals surface area (Å²) in [6, 6.07) is 8.39. The molecule has 1 fully saturated rings. The summed E-state index contributed by atoms with van der Waals surface area (Å²) in [6.07, 6.45) is 4.83. The highest BCUT2D eigenvalue weighted by molar-refractivity contribution is 5.85. The van der Waals surface area contributed by atoms with Crippen LogP contribution in [-0.4, -0.2) is 66.5 Å². The second kappa shape index (κ2) is 10.1. The number of benzene rings is 1. The first-order valence-electron chi connectivity index (χ1n) is 11.1. The predicted molar refractivity (Wildman–Crippen MR) is 119 cm³/mol. The van der Waals surface area contributed by atoms with Crippen LogP contribution in [0.15, 0.2) is 29.3 Å². The summed E-state index contributed by atoms with van der Waals surface area (Å²) < 4.78 is 0. The zero-order chi connectivity index (χ0) is 20.7. The second-order valence-electron chi connectivity index (χ2n) is 8.74. The molecule has 2 N–H and O–H groups in total. The molecule has 0 aliphatic carbocycles. The Kier molecular flexibility index (Phi) is 7.53. The van der Waals surface area contributed by atoms with E-state index in [-0.39, 0.29) is 18.0 Å². The van der Waals surface area contributed by atoms with Gasteiger partial charge in [-0.05, 0) is 64.3 Å². The topological polar surface area (TPSA) is 60.0 Å². The normalized spacial score (nSPS) is 18.3. The van der Waals surface area contributed by atoms with Gasteiger partial charge in [0.25, 0.3) is 0 Å². The van der Waals surface area contributed by atoms with E-state index in [1.165, 1.54) is 30.4 Å². The van der Waals surface area contributed by atoms with Crippen LogP contribution in [0.3, 0.4) is 0 Å². The molecule has 3 rings (SSSR count). The Morgan fingerprint density at radius 1 is 1.07 bits per heavy atom. The predicted octanol–water partition coefficient (Wildman–Crippen LogP) is 2.39. The Morgan fingerprint density at radius 3 is 2.52 bits per heavy atom. The maximum Gasteiger partial charge on any atom is 0.244 e. The van der Waals surface area contributed by atoms with Gasteiger partial charge in [0, 0.05) is 31.7 Å². The number of nitrogens with one attached hydrogen (secondary N) is 2. The number of fused-ring (bicyclic) bond motifs is 1. The molecule has 0 spiro atoms. The number of amides is 1. The number of hydrogen-bond acceptors (Lipinski definition) is 3. The highest BCUT2D eigenvalue weighted by Crippen LogP contribution is 2.20. The lowest BCUT2D eigenvalue weighted by molar-refractivity contribution is -0.130. The third-order valence-corrected chi connectivity index (χ3v) is 6.10. The number of hydrogen-bond donors (Lipinski definition) is 2. The first-order valence-corrected chi connectivity index (χ1v) is 11.1. The van der Waals surface area contributed by atoms with Gasteiger partial charge in [-0.15, -0.1) is 0 Å². The molecule has 0 atom stereocenters. The van der Waals surface area contributed by atoms with Gasteiger partial charge in [0.15, 0.2) is 5.96 Å². The summed E-state index contributed by atoms with van der Waals surface area (Å²) in [4.78, 5) is 21.8. The summed E-state index contributed by atoms with van der Waals surface area (Å²) in [5.41, 5.74) is 2.68.